The summed E-state index contributed by atoms with van der Waals surface area (Å²) in [6.45, 7) is 2.97. The Kier molecular flexibility index (Phi) is 5.87. The van der Waals surface area contributed by atoms with Gasteiger partial charge >= 0.3 is 0 Å². The lowest BCUT2D eigenvalue weighted by molar-refractivity contribution is -0.139. The number of hydrogen-bond acceptors (Lipinski definition) is 5. The van der Waals surface area contributed by atoms with Crippen LogP contribution >= 0.6 is 11.6 Å². The van der Waals surface area contributed by atoms with Gasteiger partial charge in [-0.25, -0.2) is 4.98 Å². The topological polar surface area (TPSA) is 84.7 Å². The third-order valence-corrected chi connectivity index (χ3v) is 6.48. The molecular weight excluding hydrogens is 454 g/mol. The number of hydrogen-bond donors (Lipinski definition) is 1. The van der Waals surface area contributed by atoms with E-state index in [0.29, 0.717) is 35.7 Å². The zero-order valence-corrected chi connectivity index (χ0v) is 19.4. The Bertz CT molecular complexity index is 1280. The number of rotatable bonds is 6. The number of carbonyl (C=O) groups excluding carboxylic acids is 2. The van der Waals surface area contributed by atoms with Crippen molar-refractivity contribution < 1.29 is 19.4 Å². The summed E-state index contributed by atoms with van der Waals surface area (Å²) in [6.07, 6.45) is 6.65. The van der Waals surface area contributed by atoms with Gasteiger partial charge in [0.25, 0.3) is 11.7 Å². The number of aromatic nitrogens is 2. The van der Waals surface area contributed by atoms with Crippen molar-refractivity contribution in [1.82, 2.24) is 14.5 Å². The molecule has 1 N–H and O–H groups in total. The maximum atomic E-state index is 13.2. The van der Waals surface area contributed by atoms with E-state index in [1.165, 1.54) is 4.90 Å². The van der Waals surface area contributed by atoms with Crippen molar-refractivity contribution in [2.24, 2.45) is 0 Å². The predicted octanol–water partition coefficient (Wildman–Crippen LogP) is 4.37. The number of amides is 1. The molecule has 0 radical (unpaired) electrons. The first-order chi connectivity index (χ1) is 16.4. The van der Waals surface area contributed by atoms with Crippen molar-refractivity contribution in [2.45, 2.75) is 38.5 Å². The number of benzene rings is 2. The number of aliphatic hydroxyl groups is 1. The number of halogens is 1. The highest BCUT2D eigenvalue weighted by Gasteiger charge is 2.46. The summed E-state index contributed by atoms with van der Waals surface area (Å²) in [6, 6.07) is 11.7. The standard InChI is InChI=1S/C26H24ClN3O4/c1-16-12-19-13-18(6-7-21(19)34-16)24(31)22-23(17-4-2-5-20(27)14-17)30(26(33)25(22)32)10-3-9-29-11-8-28-15-29/h2,4-8,11,13-16,23,31H,3,9-10,12H2,1H3/t16-,23-/m1/s1. The monoisotopic (exact) mass is 477 g/mol. The van der Waals surface area contributed by atoms with Gasteiger partial charge in [-0.05, 0) is 54.8 Å². The Labute approximate surface area is 202 Å². The second kappa shape index (κ2) is 8.99. The Morgan fingerprint density at radius 3 is 2.82 bits per heavy atom. The van der Waals surface area contributed by atoms with E-state index in [1.54, 1.807) is 42.9 Å². The number of Topliss-reactive ketones (excluding diaryl/α,β-unsaturated/α-hetero) is 1. The maximum Gasteiger partial charge on any atom is 0.295 e. The number of aryl methyl sites for hydroxylation is 1. The van der Waals surface area contributed by atoms with Gasteiger partial charge in [0.15, 0.2) is 0 Å². The van der Waals surface area contributed by atoms with E-state index >= 15 is 0 Å². The first-order valence-electron chi connectivity index (χ1n) is 11.2. The number of carbonyl (C=O) groups is 2. The molecule has 5 rings (SSSR count). The fourth-order valence-electron chi connectivity index (χ4n) is 4.70. The molecule has 3 aromatic rings. The van der Waals surface area contributed by atoms with Crippen molar-refractivity contribution in [2.75, 3.05) is 6.54 Å². The van der Waals surface area contributed by atoms with E-state index in [1.807, 2.05) is 29.8 Å². The molecule has 0 bridgehead atoms. The van der Waals surface area contributed by atoms with Crippen LogP contribution in [0.4, 0.5) is 0 Å². The fraction of sp³-hybridized carbons (Fsp3) is 0.269. The van der Waals surface area contributed by atoms with Crippen LogP contribution in [0.3, 0.4) is 0 Å². The van der Waals surface area contributed by atoms with Crippen LogP contribution in [-0.4, -0.2) is 43.9 Å². The highest BCUT2D eigenvalue weighted by molar-refractivity contribution is 6.46. The Morgan fingerprint density at radius 1 is 1.21 bits per heavy atom. The van der Waals surface area contributed by atoms with E-state index in [9.17, 15) is 14.7 Å². The third-order valence-electron chi connectivity index (χ3n) is 6.25. The lowest BCUT2D eigenvalue weighted by atomic mass is 9.94. The normalized spacial score (nSPS) is 21.1. The van der Waals surface area contributed by atoms with Crippen LogP contribution in [0.5, 0.6) is 5.75 Å². The Hall–Kier alpha value is -3.58. The molecule has 1 amide bonds. The average Bonchev–Trinajstić information content (AvgIpc) is 3.52. The highest BCUT2D eigenvalue weighted by Crippen LogP contribution is 2.41. The lowest BCUT2D eigenvalue weighted by Crippen LogP contribution is -2.31. The van der Waals surface area contributed by atoms with E-state index in [4.69, 9.17) is 16.3 Å². The maximum absolute atomic E-state index is 13.2. The summed E-state index contributed by atoms with van der Waals surface area (Å²) in [5, 5.41) is 11.8. The zero-order chi connectivity index (χ0) is 23.8. The van der Waals surface area contributed by atoms with E-state index < -0.39 is 17.7 Å². The van der Waals surface area contributed by atoms with Crippen LogP contribution < -0.4 is 4.74 Å². The number of aliphatic hydroxyl groups excluding tert-OH is 1. The van der Waals surface area contributed by atoms with Crippen molar-refractivity contribution in [3.05, 3.63) is 88.5 Å². The van der Waals surface area contributed by atoms with Crippen LogP contribution in [0.25, 0.3) is 5.76 Å². The van der Waals surface area contributed by atoms with Gasteiger partial charge in [0.05, 0.1) is 17.9 Å². The molecule has 2 aliphatic heterocycles. The first-order valence-corrected chi connectivity index (χ1v) is 11.6. The third kappa shape index (κ3) is 4.07. The zero-order valence-electron chi connectivity index (χ0n) is 18.6. The van der Waals surface area contributed by atoms with E-state index in [2.05, 4.69) is 4.98 Å². The SMILES string of the molecule is C[C@@H]1Cc2cc(C(O)=C3C(=O)C(=O)N(CCCn4ccnc4)[C@@H]3c3cccc(Cl)c3)ccc2O1. The van der Waals surface area contributed by atoms with Crippen LogP contribution in [-0.2, 0) is 22.6 Å². The number of ketones is 1. The van der Waals surface area contributed by atoms with Gasteiger partial charge in [0.2, 0.25) is 0 Å². The number of nitrogens with zero attached hydrogens (tertiary/aromatic N) is 3. The van der Waals surface area contributed by atoms with Gasteiger partial charge < -0.3 is 19.3 Å². The van der Waals surface area contributed by atoms with Crippen molar-refractivity contribution in [3.8, 4) is 5.75 Å². The van der Waals surface area contributed by atoms with Gasteiger partial charge in [-0.3, -0.25) is 9.59 Å². The molecule has 0 saturated carbocycles. The molecule has 1 fully saturated rings. The summed E-state index contributed by atoms with van der Waals surface area (Å²) in [7, 11) is 0. The minimum absolute atomic E-state index is 0.0555. The smallest absolute Gasteiger partial charge is 0.295 e. The molecule has 174 valence electrons. The number of likely N-dealkylation sites (tertiary alicyclic amines) is 1. The summed E-state index contributed by atoms with van der Waals surface area (Å²) in [4.78, 5) is 31.9. The lowest BCUT2D eigenvalue weighted by Gasteiger charge is -2.25. The fourth-order valence-corrected chi connectivity index (χ4v) is 4.90. The van der Waals surface area contributed by atoms with Gasteiger partial charge in [-0.2, -0.15) is 0 Å². The summed E-state index contributed by atoms with van der Waals surface area (Å²) in [5.74, 6) is -0.747. The molecular formula is C26H24ClN3O4. The molecule has 0 spiro atoms. The van der Waals surface area contributed by atoms with Gasteiger partial charge in [0.1, 0.15) is 17.6 Å². The molecule has 7 nitrogen and oxygen atoms in total. The van der Waals surface area contributed by atoms with E-state index in [0.717, 1.165) is 17.7 Å². The Morgan fingerprint density at radius 2 is 2.06 bits per heavy atom. The highest BCUT2D eigenvalue weighted by atomic mass is 35.5. The summed E-state index contributed by atoms with van der Waals surface area (Å²) in [5.41, 5.74) is 2.20. The molecule has 1 saturated heterocycles. The van der Waals surface area contributed by atoms with Crippen molar-refractivity contribution >= 4 is 29.1 Å². The quantitative estimate of drug-likeness (QED) is 0.324. The molecule has 8 heteroatoms. The van der Waals surface area contributed by atoms with Gasteiger partial charge in [-0.1, -0.05) is 23.7 Å². The minimum Gasteiger partial charge on any atom is -0.507 e. The molecule has 3 heterocycles. The van der Waals surface area contributed by atoms with Crippen LogP contribution in [0.1, 0.15) is 36.1 Å². The molecule has 1 aromatic heterocycles. The molecule has 0 unspecified atom stereocenters. The molecule has 2 aromatic carbocycles. The van der Waals surface area contributed by atoms with Crippen LogP contribution in [0.2, 0.25) is 5.02 Å². The molecule has 0 aliphatic carbocycles. The van der Waals surface area contributed by atoms with E-state index in [-0.39, 0.29) is 17.4 Å². The van der Waals surface area contributed by atoms with Gasteiger partial charge in [-0.15, -0.1) is 0 Å². The summed E-state index contributed by atoms with van der Waals surface area (Å²) >= 11 is 6.25. The molecule has 2 aliphatic rings. The van der Waals surface area contributed by atoms with Crippen LogP contribution in [0.15, 0.2) is 66.8 Å². The van der Waals surface area contributed by atoms with Crippen molar-refractivity contribution in [3.63, 3.8) is 0 Å². The first kappa shape index (κ1) is 22.2. The predicted molar refractivity (Wildman–Crippen MR) is 128 cm³/mol. The Balaban J connectivity index is 1.53. The second-order valence-corrected chi connectivity index (χ2v) is 9.09. The molecule has 2 atom stereocenters. The largest absolute Gasteiger partial charge is 0.507 e. The number of ether oxygens (including phenoxy) is 1. The van der Waals surface area contributed by atoms with Gasteiger partial charge in [0, 0.05) is 42.5 Å². The average molecular weight is 478 g/mol. The molecule has 34 heavy (non-hydrogen) atoms. The van der Waals surface area contributed by atoms with Crippen LogP contribution in [0, 0.1) is 0 Å². The van der Waals surface area contributed by atoms with Crippen molar-refractivity contribution in [1.29, 1.82) is 0 Å². The number of fused-ring (bicyclic) bond motifs is 1. The second-order valence-electron chi connectivity index (χ2n) is 8.66. The number of imidazole rings is 1. The minimum atomic E-state index is -0.732. The summed E-state index contributed by atoms with van der Waals surface area (Å²) < 4.78 is 7.67.